The standard InChI is InChI=1S/C13H11IN4S/c14-10-4-6-11(7-5-10)17-13(19)18-16-9-12-3-1-2-8-15-12/h1-9H,(H2,17,18,19)/b16-9+. The van der Waals surface area contributed by atoms with Crippen molar-refractivity contribution in [1.29, 1.82) is 0 Å². The van der Waals surface area contributed by atoms with E-state index in [1.54, 1.807) is 12.4 Å². The van der Waals surface area contributed by atoms with Crippen LogP contribution in [0.2, 0.25) is 0 Å². The lowest BCUT2D eigenvalue weighted by atomic mass is 10.3. The summed E-state index contributed by atoms with van der Waals surface area (Å²) in [5, 5.41) is 7.49. The average molecular weight is 382 g/mol. The van der Waals surface area contributed by atoms with Crippen LogP contribution in [0.5, 0.6) is 0 Å². The third kappa shape index (κ3) is 4.92. The van der Waals surface area contributed by atoms with Crippen LogP contribution in [0.1, 0.15) is 5.69 Å². The van der Waals surface area contributed by atoms with Gasteiger partial charge in [-0.1, -0.05) is 6.07 Å². The van der Waals surface area contributed by atoms with E-state index in [2.05, 4.69) is 43.4 Å². The van der Waals surface area contributed by atoms with Gasteiger partial charge in [0.25, 0.3) is 0 Å². The molecule has 2 rings (SSSR count). The maximum atomic E-state index is 5.13. The minimum Gasteiger partial charge on any atom is -0.331 e. The number of thiocarbonyl (C=S) groups is 1. The first kappa shape index (κ1) is 13.9. The van der Waals surface area contributed by atoms with Crippen LogP contribution in [0.15, 0.2) is 53.8 Å². The van der Waals surface area contributed by atoms with Gasteiger partial charge in [-0.05, 0) is 71.2 Å². The molecule has 0 fully saturated rings. The highest BCUT2D eigenvalue weighted by atomic mass is 127. The van der Waals surface area contributed by atoms with Crippen LogP contribution in [0.4, 0.5) is 5.69 Å². The highest BCUT2D eigenvalue weighted by Gasteiger charge is 1.95. The van der Waals surface area contributed by atoms with Gasteiger partial charge >= 0.3 is 0 Å². The molecule has 0 spiro atoms. The van der Waals surface area contributed by atoms with Crippen molar-refractivity contribution in [3.8, 4) is 0 Å². The summed E-state index contributed by atoms with van der Waals surface area (Å²) in [5.41, 5.74) is 4.43. The first-order valence-electron chi connectivity index (χ1n) is 5.51. The van der Waals surface area contributed by atoms with Crippen molar-refractivity contribution in [3.05, 3.63) is 57.9 Å². The number of aromatic nitrogens is 1. The number of nitrogens with one attached hydrogen (secondary N) is 2. The quantitative estimate of drug-likeness (QED) is 0.371. The monoisotopic (exact) mass is 382 g/mol. The Hall–Kier alpha value is -1.54. The molecule has 0 aliphatic carbocycles. The highest BCUT2D eigenvalue weighted by molar-refractivity contribution is 14.1. The molecule has 1 aromatic heterocycles. The third-order valence-electron chi connectivity index (χ3n) is 2.15. The van der Waals surface area contributed by atoms with E-state index in [1.165, 1.54) is 3.57 Å². The summed E-state index contributed by atoms with van der Waals surface area (Å²) in [5.74, 6) is 0. The summed E-state index contributed by atoms with van der Waals surface area (Å²) in [6, 6.07) is 13.5. The van der Waals surface area contributed by atoms with Crippen molar-refractivity contribution in [1.82, 2.24) is 10.4 Å². The maximum Gasteiger partial charge on any atom is 0.191 e. The molecule has 4 nitrogen and oxygen atoms in total. The van der Waals surface area contributed by atoms with Gasteiger partial charge in [0.15, 0.2) is 5.11 Å². The van der Waals surface area contributed by atoms with Crippen LogP contribution < -0.4 is 10.7 Å². The summed E-state index contributed by atoms with van der Waals surface area (Å²) < 4.78 is 1.18. The van der Waals surface area contributed by atoms with Gasteiger partial charge in [0, 0.05) is 15.5 Å². The summed E-state index contributed by atoms with van der Waals surface area (Å²) in [7, 11) is 0. The number of anilines is 1. The Kier molecular flexibility index (Phi) is 5.22. The summed E-state index contributed by atoms with van der Waals surface area (Å²) in [6.07, 6.45) is 3.32. The number of nitrogens with zero attached hydrogens (tertiary/aromatic N) is 2. The number of rotatable bonds is 3. The van der Waals surface area contributed by atoms with Gasteiger partial charge in [-0.15, -0.1) is 0 Å². The minimum atomic E-state index is 0.438. The Morgan fingerprint density at radius 3 is 2.68 bits per heavy atom. The van der Waals surface area contributed by atoms with Crippen LogP contribution in [0.25, 0.3) is 0 Å². The zero-order chi connectivity index (χ0) is 13.5. The van der Waals surface area contributed by atoms with E-state index in [0.717, 1.165) is 11.4 Å². The van der Waals surface area contributed by atoms with Gasteiger partial charge in [-0.3, -0.25) is 10.4 Å². The Morgan fingerprint density at radius 1 is 1.21 bits per heavy atom. The lowest BCUT2D eigenvalue weighted by Gasteiger charge is -2.06. The molecule has 19 heavy (non-hydrogen) atoms. The Bertz CT molecular complexity index is 569. The molecule has 0 aliphatic heterocycles. The first-order valence-corrected chi connectivity index (χ1v) is 6.99. The average Bonchev–Trinajstić information content (AvgIpc) is 2.43. The second kappa shape index (κ2) is 7.15. The fourth-order valence-electron chi connectivity index (χ4n) is 1.30. The Labute approximate surface area is 130 Å². The van der Waals surface area contributed by atoms with Crippen LogP contribution >= 0.6 is 34.8 Å². The lowest BCUT2D eigenvalue weighted by molar-refractivity contribution is 1.05. The van der Waals surface area contributed by atoms with Crippen molar-refractivity contribution in [3.63, 3.8) is 0 Å². The molecule has 0 unspecified atom stereocenters. The first-order chi connectivity index (χ1) is 9.24. The molecule has 1 aromatic carbocycles. The summed E-state index contributed by atoms with van der Waals surface area (Å²) in [4.78, 5) is 4.12. The van der Waals surface area contributed by atoms with Gasteiger partial charge in [0.05, 0.1) is 11.9 Å². The zero-order valence-corrected chi connectivity index (χ0v) is 12.9. The fourth-order valence-corrected chi connectivity index (χ4v) is 1.83. The zero-order valence-electron chi connectivity index (χ0n) is 9.88. The van der Waals surface area contributed by atoms with Crippen molar-refractivity contribution in [2.24, 2.45) is 5.10 Å². The predicted octanol–water partition coefficient (Wildman–Crippen LogP) is 3.01. The topological polar surface area (TPSA) is 49.3 Å². The van der Waals surface area contributed by atoms with E-state index in [1.807, 2.05) is 42.5 Å². The largest absolute Gasteiger partial charge is 0.331 e. The fraction of sp³-hybridized carbons (Fsp3) is 0. The molecule has 96 valence electrons. The second-order valence-corrected chi connectivity index (χ2v) is 5.24. The Balaban J connectivity index is 1.85. The van der Waals surface area contributed by atoms with Crippen molar-refractivity contribution in [2.45, 2.75) is 0 Å². The molecule has 0 saturated carbocycles. The number of halogens is 1. The van der Waals surface area contributed by atoms with Gasteiger partial charge in [-0.25, -0.2) is 0 Å². The molecule has 0 aliphatic rings. The summed E-state index contributed by atoms with van der Waals surface area (Å²) >= 11 is 7.38. The molecule has 1 heterocycles. The number of hydrogen-bond acceptors (Lipinski definition) is 3. The predicted molar refractivity (Wildman–Crippen MR) is 90.3 cm³/mol. The molecule has 0 amide bonds. The van der Waals surface area contributed by atoms with Gasteiger partial charge in [-0.2, -0.15) is 5.10 Å². The van der Waals surface area contributed by atoms with Crippen molar-refractivity contribution < 1.29 is 0 Å². The van der Waals surface area contributed by atoms with E-state index in [-0.39, 0.29) is 0 Å². The molecule has 0 bridgehead atoms. The molecular formula is C13H11IN4S. The summed E-state index contributed by atoms with van der Waals surface area (Å²) in [6.45, 7) is 0. The molecule has 0 saturated heterocycles. The maximum absolute atomic E-state index is 5.13. The minimum absolute atomic E-state index is 0.438. The third-order valence-corrected chi connectivity index (χ3v) is 3.07. The van der Waals surface area contributed by atoms with Gasteiger partial charge in [0.2, 0.25) is 0 Å². The van der Waals surface area contributed by atoms with Gasteiger partial charge in [0.1, 0.15) is 0 Å². The van der Waals surface area contributed by atoms with E-state index in [4.69, 9.17) is 12.2 Å². The number of hydrogen-bond donors (Lipinski definition) is 2. The number of pyridine rings is 1. The van der Waals surface area contributed by atoms with E-state index in [0.29, 0.717) is 5.11 Å². The molecule has 0 radical (unpaired) electrons. The van der Waals surface area contributed by atoms with E-state index >= 15 is 0 Å². The number of benzene rings is 1. The smallest absolute Gasteiger partial charge is 0.191 e. The van der Waals surface area contributed by atoms with Crippen LogP contribution in [0.3, 0.4) is 0 Å². The SMILES string of the molecule is S=C(N/N=C/c1ccccn1)Nc1ccc(I)cc1. The number of hydrazone groups is 1. The molecule has 2 N–H and O–H groups in total. The Morgan fingerprint density at radius 2 is 2.00 bits per heavy atom. The van der Waals surface area contributed by atoms with Crippen LogP contribution in [-0.2, 0) is 0 Å². The lowest BCUT2D eigenvalue weighted by Crippen LogP contribution is -2.23. The normalized spacial score (nSPS) is 10.4. The van der Waals surface area contributed by atoms with Crippen molar-refractivity contribution in [2.75, 3.05) is 5.32 Å². The molecular weight excluding hydrogens is 371 g/mol. The van der Waals surface area contributed by atoms with E-state index < -0.39 is 0 Å². The molecule has 6 heteroatoms. The molecule has 2 aromatic rings. The van der Waals surface area contributed by atoms with Gasteiger partial charge < -0.3 is 5.32 Å². The highest BCUT2D eigenvalue weighted by Crippen LogP contribution is 2.10. The van der Waals surface area contributed by atoms with Crippen LogP contribution in [-0.4, -0.2) is 16.3 Å². The molecule has 0 atom stereocenters. The van der Waals surface area contributed by atoms with Crippen LogP contribution in [0, 0.1) is 3.57 Å². The van der Waals surface area contributed by atoms with E-state index in [9.17, 15) is 0 Å². The second-order valence-electron chi connectivity index (χ2n) is 3.59. The van der Waals surface area contributed by atoms with Crippen molar-refractivity contribution >= 4 is 51.8 Å².